The first kappa shape index (κ1) is 13.9. The smallest absolute Gasteiger partial charge is 0.141 e. The van der Waals surface area contributed by atoms with Crippen molar-refractivity contribution in [3.8, 4) is 0 Å². The van der Waals surface area contributed by atoms with Crippen molar-refractivity contribution < 1.29 is 0 Å². The fourth-order valence-electron chi connectivity index (χ4n) is 1.70. The van der Waals surface area contributed by atoms with Gasteiger partial charge in [-0.15, -0.1) is 11.8 Å². The lowest BCUT2D eigenvalue weighted by molar-refractivity contribution is 0.940. The molecule has 2 rings (SSSR count). The van der Waals surface area contributed by atoms with Crippen LogP contribution < -0.4 is 5.32 Å². The molecule has 0 atom stereocenters. The van der Waals surface area contributed by atoms with Crippen LogP contribution in [0.5, 0.6) is 0 Å². The molecule has 0 amide bonds. The van der Waals surface area contributed by atoms with Gasteiger partial charge in [-0.05, 0) is 25.5 Å². The lowest BCUT2D eigenvalue weighted by atomic mass is 10.4. The van der Waals surface area contributed by atoms with Crippen LogP contribution in [-0.2, 0) is 5.75 Å². The minimum absolute atomic E-state index is 0.798. The van der Waals surface area contributed by atoms with Crippen LogP contribution in [0.4, 0.5) is 5.82 Å². The van der Waals surface area contributed by atoms with E-state index in [2.05, 4.69) is 34.3 Å². The normalized spacial score (nSPS) is 10.4. The topological polar surface area (TPSA) is 37.8 Å². The summed E-state index contributed by atoms with van der Waals surface area (Å²) in [5, 5.41) is 3.31. The predicted octanol–water partition coefficient (Wildman–Crippen LogP) is 3.90. The van der Waals surface area contributed by atoms with Crippen LogP contribution >= 0.6 is 11.8 Å². The van der Waals surface area contributed by atoms with Gasteiger partial charge >= 0.3 is 0 Å². The highest BCUT2D eigenvalue weighted by atomic mass is 32.2. The van der Waals surface area contributed by atoms with Crippen molar-refractivity contribution in [1.82, 2.24) is 9.97 Å². The number of thioether (sulfide) groups is 1. The highest BCUT2D eigenvalue weighted by Crippen LogP contribution is 2.21. The van der Waals surface area contributed by atoms with Crippen LogP contribution in [0.25, 0.3) is 0 Å². The zero-order chi connectivity index (χ0) is 13.5. The van der Waals surface area contributed by atoms with Gasteiger partial charge < -0.3 is 5.32 Å². The molecule has 1 N–H and O–H groups in total. The Balaban J connectivity index is 2.01. The highest BCUT2D eigenvalue weighted by molar-refractivity contribution is 7.98. The highest BCUT2D eigenvalue weighted by Gasteiger charge is 2.03. The molecule has 0 aliphatic carbocycles. The van der Waals surface area contributed by atoms with Gasteiger partial charge in [-0.25, -0.2) is 9.97 Å². The lowest BCUT2D eigenvalue weighted by Gasteiger charge is -2.07. The average molecular weight is 273 g/mol. The van der Waals surface area contributed by atoms with E-state index in [1.807, 2.05) is 31.2 Å². The molecule has 0 aliphatic heterocycles. The Morgan fingerprint density at radius 3 is 2.68 bits per heavy atom. The van der Waals surface area contributed by atoms with E-state index >= 15 is 0 Å². The van der Waals surface area contributed by atoms with E-state index < -0.39 is 0 Å². The van der Waals surface area contributed by atoms with E-state index in [0.717, 1.165) is 36.1 Å². The third-order valence-electron chi connectivity index (χ3n) is 2.57. The molecule has 0 saturated heterocycles. The van der Waals surface area contributed by atoms with E-state index in [9.17, 15) is 0 Å². The molecule has 19 heavy (non-hydrogen) atoms. The zero-order valence-electron chi connectivity index (χ0n) is 11.4. The van der Waals surface area contributed by atoms with E-state index in [4.69, 9.17) is 0 Å². The summed E-state index contributed by atoms with van der Waals surface area (Å²) in [6.45, 7) is 5.10. The number of aromatic nitrogens is 2. The Morgan fingerprint density at radius 1 is 1.16 bits per heavy atom. The maximum Gasteiger partial charge on any atom is 0.141 e. The van der Waals surface area contributed by atoms with E-state index in [1.165, 1.54) is 4.90 Å². The van der Waals surface area contributed by atoms with Gasteiger partial charge in [-0.1, -0.05) is 25.1 Å². The van der Waals surface area contributed by atoms with Crippen LogP contribution in [0, 0.1) is 6.92 Å². The monoisotopic (exact) mass is 273 g/mol. The maximum absolute atomic E-state index is 4.54. The molecule has 0 bridgehead atoms. The van der Waals surface area contributed by atoms with Crippen molar-refractivity contribution >= 4 is 17.6 Å². The molecule has 0 radical (unpaired) electrons. The second kappa shape index (κ2) is 7.14. The van der Waals surface area contributed by atoms with Crippen molar-refractivity contribution in [3.63, 3.8) is 0 Å². The summed E-state index contributed by atoms with van der Waals surface area (Å²) in [5.74, 6) is 2.61. The molecule has 2 aromatic rings. The van der Waals surface area contributed by atoms with Gasteiger partial charge in [-0.2, -0.15) is 0 Å². The summed E-state index contributed by atoms with van der Waals surface area (Å²) in [6, 6.07) is 12.3. The molecule has 0 spiro atoms. The number of rotatable bonds is 6. The van der Waals surface area contributed by atoms with Crippen LogP contribution in [0.3, 0.4) is 0 Å². The summed E-state index contributed by atoms with van der Waals surface area (Å²) in [7, 11) is 0. The summed E-state index contributed by atoms with van der Waals surface area (Å²) < 4.78 is 0. The van der Waals surface area contributed by atoms with Crippen LogP contribution in [-0.4, -0.2) is 16.5 Å². The Bertz CT molecular complexity index is 514. The van der Waals surface area contributed by atoms with Gasteiger partial charge in [-0.3, -0.25) is 0 Å². The van der Waals surface area contributed by atoms with Gasteiger partial charge in [0.25, 0.3) is 0 Å². The van der Waals surface area contributed by atoms with Gasteiger partial charge in [0, 0.05) is 23.2 Å². The molecule has 1 heterocycles. The molecule has 0 unspecified atom stereocenters. The van der Waals surface area contributed by atoms with Crippen molar-refractivity contribution in [2.24, 2.45) is 0 Å². The average Bonchev–Trinajstić information content (AvgIpc) is 2.43. The molecule has 0 saturated carbocycles. The second-order valence-electron chi connectivity index (χ2n) is 4.34. The Hall–Kier alpha value is -1.55. The van der Waals surface area contributed by atoms with Crippen LogP contribution in [0.2, 0.25) is 0 Å². The first-order valence-corrected chi connectivity index (χ1v) is 7.53. The van der Waals surface area contributed by atoms with E-state index in [-0.39, 0.29) is 0 Å². The van der Waals surface area contributed by atoms with Gasteiger partial charge in [0.2, 0.25) is 0 Å². The van der Waals surface area contributed by atoms with Crippen LogP contribution in [0.1, 0.15) is 24.9 Å². The molecule has 1 aromatic carbocycles. The Morgan fingerprint density at radius 2 is 1.95 bits per heavy atom. The Kier molecular flexibility index (Phi) is 5.21. The predicted molar refractivity (Wildman–Crippen MR) is 81.6 cm³/mol. The number of hydrogen-bond acceptors (Lipinski definition) is 4. The molecule has 100 valence electrons. The zero-order valence-corrected chi connectivity index (χ0v) is 12.2. The molecule has 0 fully saturated rings. The second-order valence-corrected chi connectivity index (χ2v) is 5.39. The molecule has 0 aliphatic rings. The summed E-state index contributed by atoms with van der Waals surface area (Å²) in [5.41, 5.74) is 1.01. The summed E-state index contributed by atoms with van der Waals surface area (Å²) in [6.07, 6.45) is 1.09. The molecular formula is C15H19N3S. The molecule has 4 heteroatoms. The van der Waals surface area contributed by atoms with Crippen molar-refractivity contribution in [2.75, 3.05) is 11.9 Å². The number of anilines is 1. The van der Waals surface area contributed by atoms with E-state index in [0.29, 0.717) is 0 Å². The first-order chi connectivity index (χ1) is 9.28. The third-order valence-corrected chi connectivity index (χ3v) is 3.58. The lowest BCUT2D eigenvalue weighted by Crippen LogP contribution is -2.05. The number of hydrogen-bond donors (Lipinski definition) is 1. The maximum atomic E-state index is 4.54. The summed E-state index contributed by atoms with van der Waals surface area (Å²) >= 11 is 1.76. The minimum Gasteiger partial charge on any atom is -0.370 e. The quantitative estimate of drug-likeness (QED) is 0.810. The van der Waals surface area contributed by atoms with Gasteiger partial charge in [0.05, 0.1) is 5.75 Å². The van der Waals surface area contributed by atoms with Crippen molar-refractivity contribution in [1.29, 1.82) is 0 Å². The summed E-state index contributed by atoms with van der Waals surface area (Å²) in [4.78, 5) is 10.3. The molecular weight excluding hydrogens is 254 g/mol. The van der Waals surface area contributed by atoms with Gasteiger partial charge in [0.15, 0.2) is 0 Å². The van der Waals surface area contributed by atoms with E-state index in [1.54, 1.807) is 11.8 Å². The number of nitrogens with zero attached hydrogens (tertiary/aromatic N) is 2. The molecule has 1 aromatic heterocycles. The van der Waals surface area contributed by atoms with Crippen molar-refractivity contribution in [2.45, 2.75) is 30.9 Å². The minimum atomic E-state index is 0.798. The third kappa shape index (κ3) is 4.56. The molecule has 3 nitrogen and oxygen atoms in total. The standard InChI is InChI=1S/C15H19N3S/c1-3-9-16-14-10-12(2)17-15(18-14)11-19-13-7-5-4-6-8-13/h4-8,10H,3,9,11H2,1-2H3,(H,16,17,18). The fourth-order valence-corrected chi connectivity index (χ4v) is 2.48. The largest absolute Gasteiger partial charge is 0.370 e. The first-order valence-electron chi connectivity index (χ1n) is 6.54. The Labute approximate surface area is 118 Å². The number of aryl methyl sites for hydroxylation is 1. The van der Waals surface area contributed by atoms with Gasteiger partial charge in [0.1, 0.15) is 11.6 Å². The SMILES string of the molecule is CCCNc1cc(C)nc(CSc2ccccc2)n1. The van der Waals surface area contributed by atoms with Crippen molar-refractivity contribution in [3.05, 3.63) is 47.9 Å². The number of nitrogens with one attached hydrogen (secondary N) is 1. The van der Waals surface area contributed by atoms with Crippen LogP contribution in [0.15, 0.2) is 41.3 Å². The fraction of sp³-hybridized carbons (Fsp3) is 0.333. The number of benzene rings is 1.